The quantitative estimate of drug-likeness (QED) is 0.364. The zero-order valence-corrected chi connectivity index (χ0v) is 15.2. The van der Waals surface area contributed by atoms with Gasteiger partial charge in [0.2, 0.25) is 0 Å². The maximum Gasteiger partial charge on any atom is 0.407 e. The standard InChI is InChI=1S/C17H30F2N2O4/c1-12(2)6-4-7-13(3)8-11-25-16(24)21-10-5-9-17(20,14(18)19)15(22)23/h6,13-14H,4-5,7-11,20H2,1-3H3,(H,21,24)(H,22,23). The van der Waals surface area contributed by atoms with Crippen molar-refractivity contribution in [2.24, 2.45) is 11.7 Å². The highest BCUT2D eigenvalue weighted by molar-refractivity contribution is 5.79. The fourth-order valence-electron chi connectivity index (χ4n) is 2.09. The topological polar surface area (TPSA) is 102 Å². The molecule has 0 aliphatic heterocycles. The highest BCUT2D eigenvalue weighted by Crippen LogP contribution is 2.19. The van der Waals surface area contributed by atoms with Gasteiger partial charge < -0.3 is 20.9 Å². The number of amides is 1. The molecule has 6 nitrogen and oxygen atoms in total. The van der Waals surface area contributed by atoms with E-state index < -0.39 is 30.4 Å². The van der Waals surface area contributed by atoms with Crippen LogP contribution in [-0.4, -0.2) is 42.3 Å². The number of hydrogen-bond donors (Lipinski definition) is 3. The lowest BCUT2D eigenvalue weighted by Crippen LogP contribution is -2.54. The Morgan fingerprint density at radius 2 is 1.96 bits per heavy atom. The van der Waals surface area contributed by atoms with Crippen LogP contribution in [0.1, 0.15) is 52.9 Å². The Bertz CT molecular complexity index is 454. The van der Waals surface area contributed by atoms with Crippen molar-refractivity contribution < 1.29 is 28.2 Å². The van der Waals surface area contributed by atoms with Crippen LogP contribution < -0.4 is 11.1 Å². The van der Waals surface area contributed by atoms with Gasteiger partial charge in [0.1, 0.15) is 0 Å². The van der Waals surface area contributed by atoms with Crippen molar-refractivity contribution in [1.82, 2.24) is 5.32 Å². The summed E-state index contributed by atoms with van der Waals surface area (Å²) in [6.07, 6.45) is 0.653. The molecule has 2 unspecified atom stereocenters. The highest BCUT2D eigenvalue weighted by Gasteiger charge is 2.43. The Morgan fingerprint density at radius 3 is 2.48 bits per heavy atom. The Hall–Kier alpha value is -1.70. The van der Waals surface area contributed by atoms with Crippen molar-refractivity contribution >= 4 is 12.1 Å². The fourth-order valence-corrected chi connectivity index (χ4v) is 2.09. The SMILES string of the molecule is CC(C)=CCCC(C)CCOC(=O)NCCCC(N)(C(=O)O)C(F)F. The molecule has 0 heterocycles. The predicted octanol–water partition coefficient (Wildman–Crippen LogP) is 3.31. The third-order valence-corrected chi connectivity index (χ3v) is 3.88. The molecular weight excluding hydrogens is 334 g/mol. The smallest absolute Gasteiger partial charge is 0.407 e. The van der Waals surface area contributed by atoms with Gasteiger partial charge >= 0.3 is 12.1 Å². The second-order valence-electron chi connectivity index (χ2n) is 6.57. The van der Waals surface area contributed by atoms with Gasteiger partial charge in [0.15, 0.2) is 5.54 Å². The Labute approximate surface area is 147 Å². The minimum absolute atomic E-state index is 0.0152. The second kappa shape index (κ2) is 11.8. The average molecular weight is 364 g/mol. The number of nitrogens with two attached hydrogens (primary N) is 1. The molecular formula is C17H30F2N2O4. The molecule has 0 radical (unpaired) electrons. The summed E-state index contributed by atoms with van der Waals surface area (Å²) >= 11 is 0. The number of carboxylic acids is 1. The van der Waals surface area contributed by atoms with E-state index in [1.54, 1.807) is 0 Å². The van der Waals surface area contributed by atoms with E-state index in [9.17, 15) is 18.4 Å². The van der Waals surface area contributed by atoms with E-state index in [0.717, 1.165) is 19.3 Å². The van der Waals surface area contributed by atoms with Crippen LogP contribution >= 0.6 is 0 Å². The summed E-state index contributed by atoms with van der Waals surface area (Å²) in [7, 11) is 0. The van der Waals surface area contributed by atoms with E-state index in [1.165, 1.54) is 5.57 Å². The lowest BCUT2D eigenvalue weighted by molar-refractivity contribution is -0.150. The van der Waals surface area contributed by atoms with E-state index >= 15 is 0 Å². The summed E-state index contributed by atoms with van der Waals surface area (Å²) in [5.74, 6) is -1.34. The molecule has 1 amide bonds. The minimum Gasteiger partial charge on any atom is -0.480 e. The van der Waals surface area contributed by atoms with Gasteiger partial charge in [-0.05, 0) is 51.9 Å². The van der Waals surface area contributed by atoms with Crippen LogP contribution in [-0.2, 0) is 9.53 Å². The van der Waals surface area contributed by atoms with Crippen LogP contribution in [0.15, 0.2) is 11.6 Å². The lowest BCUT2D eigenvalue weighted by Gasteiger charge is -2.23. The number of halogens is 2. The average Bonchev–Trinajstić information content (AvgIpc) is 2.50. The van der Waals surface area contributed by atoms with Crippen LogP contribution in [0, 0.1) is 5.92 Å². The number of nitrogens with one attached hydrogen (secondary N) is 1. The number of aliphatic carboxylic acids is 1. The molecule has 2 atom stereocenters. The van der Waals surface area contributed by atoms with Gasteiger partial charge in [-0.15, -0.1) is 0 Å². The van der Waals surface area contributed by atoms with Crippen LogP contribution in [0.4, 0.5) is 13.6 Å². The monoisotopic (exact) mass is 364 g/mol. The predicted molar refractivity (Wildman–Crippen MR) is 91.6 cm³/mol. The van der Waals surface area contributed by atoms with Gasteiger partial charge in [-0.2, -0.15) is 0 Å². The van der Waals surface area contributed by atoms with E-state index in [4.69, 9.17) is 15.6 Å². The van der Waals surface area contributed by atoms with Crippen LogP contribution in [0.3, 0.4) is 0 Å². The number of carboxylic acid groups (broad SMARTS) is 1. The zero-order valence-electron chi connectivity index (χ0n) is 15.2. The largest absolute Gasteiger partial charge is 0.480 e. The summed E-state index contributed by atoms with van der Waals surface area (Å²) < 4.78 is 30.4. The number of allylic oxidation sites excluding steroid dienone is 2. The molecule has 4 N–H and O–H groups in total. The van der Waals surface area contributed by atoms with Gasteiger partial charge in [-0.25, -0.2) is 18.4 Å². The lowest BCUT2D eigenvalue weighted by atomic mass is 9.95. The number of alkyl carbamates (subject to hydrolysis) is 1. The summed E-state index contributed by atoms with van der Waals surface area (Å²) in [4.78, 5) is 22.3. The summed E-state index contributed by atoms with van der Waals surface area (Å²) in [6.45, 7) is 6.47. The molecule has 8 heteroatoms. The molecule has 0 aliphatic rings. The third-order valence-electron chi connectivity index (χ3n) is 3.88. The minimum atomic E-state index is -3.18. The first kappa shape index (κ1) is 23.3. The molecule has 0 saturated heterocycles. The summed E-state index contributed by atoms with van der Waals surface area (Å²) in [6, 6.07) is 0. The molecule has 25 heavy (non-hydrogen) atoms. The molecule has 0 saturated carbocycles. The number of hydrogen-bond acceptors (Lipinski definition) is 4. The van der Waals surface area contributed by atoms with Crippen molar-refractivity contribution in [1.29, 1.82) is 0 Å². The number of carbonyl (C=O) groups excluding carboxylic acids is 1. The number of rotatable bonds is 12. The molecule has 0 aliphatic carbocycles. The third kappa shape index (κ3) is 10.0. The molecule has 0 bridgehead atoms. The first-order valence-corrected chi connectivity index (χ1v) is 8.44. The fraction of sp³-hybridized carbons (Fsp3) is 0.765. The van der Waals surface area contributed by atoms with Gasteiger partial charge in [-0.1, -0.05) is 18.6 Å². The maximum atomic E-state index is 12.7. The van der Waals surface area contributed by atoms with Gasteiger partial charge in [0, 0.05) is 6.54 Å². The first-order chi connectivity index (χ1) is 11.6. The second-order valence-corrected chi connectivity index (χ2v) is 6.57. The molecule has 0 aromatic rings. The van der Waals surface area contributed by atoms with Crippen molar-refractivity contribution in [2.45, 2.75) is 64.8 Å². The molecule has 0 rings (SSSR count). The van der Waals surface area contributed by atoms with Gasteiger partial charge in [-0.3, -0.25) is 0 Å². The number of carbonyl (C=O) groups is 2. The summed E-state index contributed by atoms with van der Waals surface area (Å²) in [5, 5.41) is 11.2. The number of ether oxygens (including phenoxy) is 1. The van der Waals surface area contributed by atoms with Crippen molar-refractivity contribution in [3.63, 3.8) is 0 Å². The zero-order chi connectivity index (χ0) is 19.5. The maximum absolute atomic E-state index is 12.7. The molecule has 146 valence electrons. The van der Waals surface area contributed by atoms with E-state index in [2.05, 4.69) is 18.3 Å². The Morgan fingerprint density at radius 1 is 1.32 bits per heavy atom. The normalized spacial score (nSPS) is 14.5. The van der Waals surface area contributed by atoms with Crippen molar-refractivity contribution in [3.8, 4) is 0 Å². The van der Waals surface area contributed by atoms with Crippen LogP contribution in [0.5, 0.6) is 0 Å². The molecule has 0 fully saturated rings. The van der Waals surface area contributed by atoms with Gasteiger partial charge in [0.05, 0.1) is 6.61 Å². The number of alkyl halides is 2. The van der Waals surface area contributed by atoms with Crippen LogP contribution in [0.2, 0.25) is 0 Å². The highest BCUT2D eigenvalue weighted by atomic mass is 19.3. The van der Waals surface area contributed by atoms with Crippen molar-refractivity contribution in [3.05, 3.63) is 11.6 Å². The Kier molecular flexibility index (Phi) is 11.0. The molecule has 0 aromatic heterocycles. The van der Waals surface area contributed by atoms with E-state index in [0.29, 0.717) is 5.92 Å². The Balaban J connectivity index is 3.88. The molecule has 0 spiro atoms. The van der Waals surface area contributed by atoms with Gasteiger partial charge in [0.25, 0.3) is 6.43 Å². The van der Waals surface area contributed by atoms with Crippen LogP contribution in [0.25, 0.3) is 0 Å². The first-order valence-electron chi connectivity index (χ1n) is 8.44. The van der Waals surface area contributed by atoms with E-state index in [-0.39, 0.29) is 19.6 Å². The van der Waals surface area contributed by atoms with Crippen molar-refractivity contribution in [2.75, 3.05) is 13.2 Å². The summed E-state index contributed by atoms with van der Waals surface area (Å²) in [5.41, 5.74) is 3.86. The van der Waals surface area contributed by atoms with E-state index in [1.807, 2.05) is 13.8 Å². The molecule has 0 aromatic carbocycles.